The third-order valence-corrected chi connectivity index (χ3v) is 3.07. The molecule has 0 saturated carbocycles. The predicted octanol–water partition coefficient (Wildman–Crippen LogP) is 4.21. The zero-order chi connectivity index (χ0) is 15.2. The van der Waals surface area contributed by atoms with Gasteiger partial charge < -0.3 is 10.1 Å². The van der Waals surface area contributed by atoms with Crippen LogP contribution >= 0.6 is 0 Å². The van der Waals surface area contributed by atoms with Crippen LogP contribution in [0.1, 0.15) is 31.9 Å². The molecule has 0 fully saturated rings. The predicted molar refractivity (Wildman–Crippen MR) is 77.4 cm³/mol. The number of hydrogen-bond donors (Lipinski definition) is 1. The Labute approximate surface area is 123 Å². The highest BCUT2D eigenvalue weighted by Gasteiger charge is 2.08. The first-order valence-corrected chi connectivity index (χ1v) is 6.92. The van der Waals surface area contributed by atoms with Crippen LogP contribution in [0.2, 0.25) is 0 Å². The summed E-state index contributed by atoms with van der Waals surface area (Å²) in [6, 6.07) is 7.24. The van der Waals surface area contributed by atoms with Crippen LogP contribution in [0, 0.1) is 11.6 Å². The SMILES string of the molecule is CCCNC(C)c1ccnc(Oc2ccc(F)c(F)c2)c1. The lowest BCUT2D eigenvalue weighted by molar-refractivity contribution is 0.445. The van der Waals surface area contributed by atoms with Gasteiger partial charge in [0.2, 0.25) is 5.88 Å². The molecule has 0 aliphatic heterocycles. The van der Waals surface area contributed by atoms with E-state index < -0.39 is 11.6 Å². The molecule has 1 aromatic heterocycles. The van der Waals surface area contributed by atoms with E-state index in [2.05, 4.69) is 17.2 Å². The van der Waals surface area contributed by atoms with Gasteiger partial charge in [-0.1, -0.05) is 6.92 Å². The molecule has 0 bridgehead atoms. The first kappa shape index (κ1) is 15.4. The Morgan fingerprint density at radius 3 is 2.71 bits per heavy atom. The molecule has 3 nitrogen and oxygen atoms in total. The van der Waals surface area contributed by atoms with Gasteiger partial charge in [0.15, 0.2) is 11.6 Å². The molecule has 21 heavy (non-hydrogen) atoms. The lowest BCUT2D eigenvalue weighted by Gasteiger charge is -2.14. The van der Waals surface area contributed by atoms with E-state index in [4.69, 9.17) is 4.74 Å². The number of halogens is 2. The van der Waals surface area contributed by atoms with Crippen molar-refractivity contribution in [2.45, 2.75) is 26.3 Å². The zero-order valence-corrected chi connectivity index (χ0v) is 12.1. The molecule has 0 radical (unpaired) electrons. The highest BCUT2D eigenvalue weighted by atomic mass is 19.2. The summed E-state index contributed by atoms with van der Waals surface area (Å²) in [6.07, 6.45) is 2.68. The van der Waals surface area contributed by atoms with Gasteiger partial charge in [-0.05, 0) is 43.7 Å². The van der Waals surface area contributed by atoms with Gasteiger partial charge in [0, 0.05) is 24.4 Å². The minimum Gasteiger partial charge on any atom is -0.439 e. The molecule has 112 valence electrons. The number of nitrogens with one attached hydrogen (secondary N) is 1. The van der Waals surface area contributed by atoms with Gasteiger partial charge in [0.25, 0.3) is 0 Å². The van der Waals surface area contributed by atoms with Crippen molar-refractivity contribution >= 4 is 0 Å². The van der Waals surface area contributed by atoms with Gasteiger partial charge in [-0.2, -0.15) is 0 Å². The highest BCUT2D eigenvalue weighted by Crippen LogP contribution is 2.23. The molecule has 0 amide bonds. The van der Waals surface area contributed by atoms with E-state index in [9.17, 15) is 8.78 Å². The van der Waals surface area contributed by atoms with E-state index in [0.29, 0.717) is 5.88 Å². The summed E-state index contributed by atoms with van der Waals surface area (Å²) < 4.78 is 31.5. The van der Waals surface area contributed by atoms with Crippen LogP contribution in [0.5, 0.6) is 11.6 Å². The Morgan fingerprint density at radius 2 is 2.00 bits per heavy atom. The number of aromatic nitrogens is 1. The number of benzene rings is 1. The average Bonchev–Trinajstić information content (AvgIpc) is 2.49. The number of pyridine rings is 1. The third kappa shape index (κ3) is 4.23. The van der Waals surface area contributed by atoms with Crippen molar-refractivity contribution in [1.29, 1.82) is 0 Å². The van der Waals surface area contributed by atoms with Gasteiger partial charge in [0.1, 0.15) is 5.75 Å². The van der Waals surface area contributed by atoms with Crippen molar-refractivity contribution in [3.05, 3.63) is 53.7 Å². The average molecular weight is 292 g/mol. The Balaban J connectivity index is 2.11. The maximum absolute atomic E-state index is 13.1. The highest BCUT2D eigenvalue weighted by molar-refractivity contribution is 5.30. The van der Waals surface area contributed by atoms with Crippen LogP contribution in [-0.4, -0.2) is 11.5 Å². The normalized spacial score (nSPS) is 12.2. The number of hydrogen-bond acceptors (Lipinski definition) is 3. The quantitative estimate of drug-likeness (QED) is 0.866. The van der Waals surface area contributed by atoms with Crippen molar-refractivity contribution < 1.29 is 13.5 Å². The van der Waals surface area contributed by atoms with Gasteiger partial charge in [0.05, 0.1) is 0 Å². The molecule has 1 atom stereocenters. The number of nitrogens with zero attached hydrogens (tertiary/aromatic N) is 1. The summed E-state index contributed by atoms with van der Waals surface area (Å²) in [7, 11) is 0. The largest absolute Gasteiger partial charge is 0.439 e. The van der Waals surface area contributed by atoms with Crippen LogP contribution in [0.3, 0.4) is 0 Å². The van der Waals surface area contributed by atoms with E-state index in [1.165, 1.54) is 6.07 Å². The summed E-state index contributed by atoms with van der Waals surface area (Å²) in [4.78, 5) is 4.08. The van der Waals surface area contributed by atoms with Crippen LogP contribution in [-0.2, 0) is 0 Å². The molecular weight excluding hydrogens is 274 g/mol. The molecule has 5 heteroatoms. The first-order valence-electron chi connectivity index (χ1n) is 6.92. The van der Waals surface area contributed by atoms with Gasteiger partial charge in [-0.25, -0.2) is 13.8 Å². The second-order valence-corrected chi connectivity index (χ2v) is 4.78. The van der Waals surface area contributed by atoms with Crippen LogP contribution < -0.4 is 10.1 Å². The molecule has 1 unspecified atom stereocenters. The Bertz CT molecular complexity index is 605. The lowest BCUT2D eigenvalue weighted by Crippen LogP contribution is -2.19. The second kappa shape index (κ2) is 7.13. The van der Waals surface area contributed by atoms with Crippen molar-refractivity contribution in [2.24, 2.45) is 0 Å². The van der Waals surface area contributed by atoms with E-state index in [-0.39, 0.29) is 11.8 Å². The summed E-state index contributed by atoms with van der Waals surface area (Å²) >= 11 is 0. The number of ether oxygens (including phenoxy) is 1. The molecule has 0 aliphatic carbocycles. The summed E-state index contributed by atoms with van der Waals surface area (Å²) in [5.74, 6) is -1.28. The number of rotatable bonds is 6. The smallest absolute Gasteiger partial charge is 0.219 e. The monoisotopic (exact) mass is 292 g/mol. The molecule has 2 rings (SSSR count). The van der Waals surface area contributed by atoms with E-state index >= 15 is 0 Å². The second-order valence-electron chi connectivity index (χ2n) is 4.78. The third-order valence-electron chi connectivity index (χ3n) is 3.07. The van der Waals surface area contributed by atoms with Crippen molar-refractivity contribution in [3.63, 3.8) is 0 Å². The molecule has 1 aromatic carbocycles. The fourth-order valence-corrected chi connectivity index (χ4v) is 1.89. The fourth-order valence-electron chi connectivity index (χ4n) is 1.89. The molecule has 0 spiro atoms. The molecule has 1 N–H and O–H groups in total. The van der Waals surface area contributed by atoms with Crippen LogP contribution in [0.25, 0.3) is 0 Å². The molecular formula is C16H18F2N2O. The van der Waals surface area contributed by atoms with Crippen molar-refractivity contribution in [1.82, 2.24) is 10.3 Å². The summed E-state index contributed by atoms with van der Waals surface area (Å²) in [5.41, 5.74) is 1.02. The maximum Gasteiger partial charge on any atom is 0.219 e. The molecule has 2 aromatic rings. The standard InChI is InChI=1S/C16H18F2N2O/c1-3-7-19-11(2)12-6-8-20-16(9-12)21-13-4-5-14(17)15(18)10-13/h4-6,8-11,19H,3,7H2,1-2H3. The molecule has 0 aliphatic rings. The zero-order valence-electron chi connectivity index (χ0n) is 12.1. The van der Waals surface area contributed by atoms with Gasteiger partial charge in [-0.15, -0.1) is 0 Å². The van der Waals surface area contributed by atoms with Crippen molar-refractivity contribution in [3.8, 4) is 11.6 Å². The molecule has 0 saturated heterocycles. The summed E-state index contributed by atoms with van der Waals surface area (Å²) in [6.45, 7) is 5.07. The lowest BCUT2D eigenvalue weighted by atomic mass is 10.1. The first-order chi connectivity index (χ1) is 10.1. The molecule has 1 heterocycles. The van der Waals surface area contributed by atoms with E-state index in [1.807, 2.05) is 13.0 Å². The Hall–Kier alpha value is -2.01. The van der Waals surface area contributed by atoms with Gasteiger partial charge >= 0.3 is 0 Å². The van der Waals surface area contributed by atoms with Crippen LogP contribution in [0.4, 0.5) is 8.78 Å². The van der Waals surface area contributed by atoms with Gasteiger partial charge in [-0.3, -0.25) is 0 Å². The fraction of sp³-hybridized carbons (Fsp3) is 0.312. The van der Waals surface area contributed by atoms with Crippen LogP contribution in [0.15, 0.2) is 36.5 Å². The minimum absolute atomic E-state index is 0.167. The minimum atomic E-state index is -0.943. The Morgan fingerprint density at radius 1 is 1.19 bits per heavy atom. The van der Waals surface area contributed by atoms with E-state index in [0.717, 1.165) is 30.7 Å². The topological polar surface area (TPSA) is 34.2 Å². The van der Waals surface area contributed by atoms with Crippen molar-refractivity contribution in [2.75, 3.05) is 6.54 Å². The maximum atomic E-state index is 13.1. The Kier molecular flexibility index (Phi) is 5.22. The summed E-state index contributed by atoms with van der Waals surface area (Å²) in [5, 5.41) is 3.36. The van der Waals surface area contributed by atoms with E-state index in [1.54, 1.807) is 12.3 Å².